The molecule has 0 heterocycles. The van der Waals surface area contributed by atoms with Gasteiger partial charge in [-0.25, -0.2) is 0 Å². The molecule has 1 rings (SSSR count). The van der Waals surface area contributed by atoms with Crippen LogP contribution in [0.5, 0.6) is 0 Å². The minimum Gasteiger partial charge on any atom is -0.395 e. The highest BCUT2D eigenvalue weighted by atomic mass is 32.2. The first-order chi connectivity index (χ1) is 10.0. The summed E-state index contributed by atoms with van der Waals surface area (Å²) < 4.78 is 10.9. The second kappa shape index (κ2) is 9.32. The number of aryl methyl sites for hydroxylation is 1. The first-order valence-corrected chi connectivity index (χ1v) is 8.56. The molecule has 0 saturated heterocycles. The third-order valence-electron chi connectivity index (χ3n) is 2.84. The molecule has 1 aromatic rings. The van der Waals surface area contributed by atoms with E-state index in [0.717, 1.165) is 11.1 Å². The van der Waals surface area contributed by atoms with Gasteiger partial charge in [-0.2, -0.15) is 0 Å². The van der Waals surface area contributed by atoms with Gasteiger partial charge in [0.15, 0.2) is 0 Å². The summed E-state index contributed by atoms with van der Waals surface area (Å²) in [5.74, 6) is 6.30. The van der Waals surface area contributed by atoms with Gasteiger partial charge in [-0.1, -0.05) is 11.8 Å². The summed E-state index contributed by atoms with van der Waals surface area (Å²) in [4.78, 5) is 12.0. The van der Waals surface area contributed by atoms with Crippen LogP contribution >= 0.6 is 0 Å². The summed E-state index contributed by atoms with van der Waals surface area (Å²) in [6.07, 6.45) is 2.81. The third-order valence-corrected chi connectivity index (χ3v) is 3.71. The molecule has 21 heavy (non-hydrogen) atoms. The fourth-order valence-corrected chi connectivity index (χ4v) is 2.29. The molecule has 0 radical (unpaired) electrons. The van der Waals surface area contributed by atoms with Gasteiger partial charge in [0.2, 0.25) is 0 Å². The van der Waals surface area contributed by atoms with Gasteiger partial charge in [0.05, 0.1) is 6.61 Å². The largest absolute Gasteiger partial charge is 0.395 e. The molecule has 1 amide bonds. The van der Waals surface area contributed by atoms with Crippen molar-refractivity contribution in [1.82, 2.24) is 5.32 Å². The van der Waals surface area contributed by atoms with Crippen LogP contribution in [-0.2, 0) is 10.8 Å². The summed E-state index contributed by atoms with van der Waals surface area (Å²) in [6, 6.07) is 5.36. The Labute approximate surface area is 128 Å². The van der Waals surface area contributed by atoms with E-state index in [4.69, 9.17) is 5.11 Å². The van der Waals surface area contributed by atoms with Crippen LogP contribution in [-0.4, -0.2) is 40.4 Å². The van der Waals surface area contributed by atoms with E-state index in [1.807, 2.05) is 13.0 Å². The fourth-order valence-electron chi connectivity index (χ4n) is 1.74. The molecule has 5 heteroatoms. The Morgan fingerprint density at radius 3 is 2.81 bits per heavy atom. The highest BCUT2D eigenvalue weighted by Crippen LogP contribution is 2.10. The van der Waals surface area contributed by atoms with E-state index in [1.54, 1.807) is 18.4 Å². The number of amides is 1. The number of carbonyl (C=O) groups excluding carboxylic acids is 1. The average molecular weight is 307 g/mol. The van der Waals surface area contributed by atoms with Crippen molar-refractivity contribution in [2.24, 2.45) is 0 Å². The Balaban J connectivity index is 2.60. The van der Waals surface area contributed by atoms with Crippen molar-refractivity contribution in [1.29, 1.82) is 0 Å². The van der Waals surface area contributed by atoms with E-state index in [2.05, 4.69) is 17.2 Å². The van der Waals surface area contributed by atoms with E-state index in [0.29, 0.717) is 30.7 Å². The Morgan fingerprint density at radius 2 is 2.19 bits per heavy atom. The lowest BCUT2D eigenvalue weighted by Gasteiger charge is -2.06. The summed E-state index contributed by atoms with van der Waals surface area (Å²) in [6.45, 7) is 2.48. The van der Waals surface area contributed by atoms with Crippen molar-refractivity contribution in [2.45, 2.75) is 19.8 Å². The molecular formula is C16H21NO3S. The van der Waals surface area contributed by atoms with Gasteiger partial charge in [0.1, 0.15) is 0 Å². The Bertz CT molecular complexity index is 573. The molecule has 1 unspecified atom stereocenters. The maximum absolute atomic E-state index is 12.0. The van der Waals surface area contributed by atoms with Gasteiger partial charge in [0, 0.05) is 46.9 Å². The maximum Gasteiger partial charge on any atom is 0.251 e. The molecule has 0 aliphatic heterocycles. The van der Waals surface area contributed by atoms with Gasteiger partial charge in [0.25, 0.3) is 5.91 Å². The Hall–Kier alpha value is -1.64. The van der Waals surface area contributed by atoms with Crippen molar-refractivity contribution in [3.8, 4) is 11.8 Å². The van der Waals surface area contributed by atoms with E-state index in [-0.39, 0.29) is 12.5 Å². The SMILES string of the molecule is Cc1cc(C(=O)NCCCS(C)=O)ccc1C#CCCO. The van der Waals surface area contributed by atoms with E-state index < -0.39 is 10.8 Å². The standard InChI is InChI=1S/C16H21NO3S/c1-13-12-15(8-7-14(13)6-3-4-10-18)16(19)17-9-5-11-21(2)20/h7-8,12,18H,4-5,9-11H2,1-2H3,(H,17,19). The van der Waals surface area contributed by atoms with Crippen LogP contribution in [0, 0.1) is 18.8 Å². The second-order valence-corrected chi connectivity index (χ2v) is 6.25. The number of benzene rings is 1. The van der Waals surface area contributed by atoms with Crippen molar-refractivity contribution < 1.29 is 14.1 Å². The average Bonchev–Trinajstić information content (AvgIpc) is 2.45. The quantitative estimate of drug-likeness (QED) is 0.613. The molecule has 0 aliphatic carbocycles. The van der Waals surface area contributed by atoms with Gasteiger partial charge >= 0.3 is 0 Å². The zero-order valence-electron chi connectivity index (χ0n) is 12.4. The third kappa shape index (κ3) is 6.56. The zero-order valence-corrected chi connectivity index (χ0v) is 13.3. The lowest BCUT2D eigenvalue weighted by atomic mass is 10.0. The Kier molecular flexibility index (Phi) is 7.73. The molecular weight excluding hydrogens is 286 g/mol. The predicted octanol–water partition coefficient (Wildman–Crippen LogP) is 1.23. The smallest absolute Gasteiger partial charge is 0.251 e. The van der Waals surface area contributed by atoms with Gasteiger partial charge in [-0.3, -0.25) is 9.00 Å². The molecule has 0 saturated carbocycles. The first-order valence-electron chi connectivity index (χ1n) is 6.83. The number of nitrogens with one attached hydrogen (secondary N) is 1. The highest BCUT2D eigenvalue weighted by Gasteiger charge is 2.06. The molecule has 1 atom stereocenters. The van der Waals surface area contributed by atoms with Crippen LogP contribution in [0.25, 0.3) is 0 Å². The van der Waals surface area contributed by atoms with Crippen molar-refractivity contribution in [2.75, 3.05) is 25.2 Å². The molecule has 0 aliphatic rings. The molecule has 4 nitrogen and oxygen atoms in total. The molecule has 0 fully saturated rings. The number of rotatable bonds is 6. The maximum atomic E-state index is 12.0. The van der Waals surface area contributed by atoms with E-state index >= 15 is 0 Å². The Morgan fingerprint density at radius 1 is 1.43 bits per heavy atom. The normalized spacial score (nSPS) is 11.4. The van der Waals surface area contributed by atoms with Crippen LogP contribution in [0.2, 0.25) is 0 Å². The van der Waals surface area contributed by atoms with Gasteiger partial charge < -0.3 is 10.4 Å². The van der Waals surface area contributed by atoms with Crippen LogP contribution in [0.1, 0.15) is 34.3 Å². The predicted molar refractivity (Wildman–Crippen MR) is 85.6 cm³/mol. The topological polar surface area (TPSA) is 66.4 Å². The molecule has 0 aromatic heterocycles. The first kappa shape index (κ1) is 17.4. The van der Waals surface area contributed by atoms with Crippen molar-refractivity contribution in [3.63, 3.8) is 0 Å². The number of carbonyl (C=O) groups is 1. The number of aliphatic hydroxyl groups excluding tert-OH is 1. The molecule has 114 valence electrons. The summed E-state index contributed by atoms with van der Waals surface area (Å²) in [5.41, 5.74) is 2.39. The van der Waals surface area contributed by atoms with Crippen LogP contribution in [0.15, 0.2) is 18.2 Å². The van der Waals surface area contributed by atoms with Gasteiger partial charge in [-0.15, -0.1) is 0 Å². The lowest BCUT2D eigenvalue weighted by Crippen LogP contribution is -2.25. The number of hydrogen-bond donors (Lipinski definition) is 2. The van der Waals surface area contributed by atoms with Crippen LogP contribution in [0.3, 0.4) is 0 Å². The van der Waals surface area contributed by atoms with Crippen molar-refractivity contribution >= 4 is 16.7 Å². The molecule has 1 aromatic carbocycles. The van der Waals surface area contributed by atoms with E-state index in [9.17, 15) is 9.00 Å². The monoisotopic (exact) mass is 307 g/mol. The number of hydrogen-bond acceptors (Lipinski definition) is 3. The second-order valence-electron chi connectivity index (χ2n) is 4.69. The zero-order chi connectivity index (χ0) is 15.7. The summed E-state index contributed by atoms with van der Waals surface area (Å²) in [7, 11) is -0.820. The minimum atomic E-state index is -0.820. The molecule has 0 spiro atoms. The fraction of sp³-hybridized carbons (Fsp3) is 0.438. The van der Waals surface area contributed by atoms with E-state index in [1.165, 1.54) is 0 Å². The lowest BCUT2D eigenvalue weighted by molar-refractivity contribution is 0.0953. The van der Waals surface area contributed by atoms with Crippen LogP contribution in [0.4, 0.5) is 0 Å². The molecule has 0 bridgehead atoms. The summed E-state index contributed by atoms with van der Waals surface area (Å²) in [5, 5.41) is 11.5. The number of aliphatic hydroxyl groups is 1. The van der Waals surface area contributed by atoms with Crippen molar-refractivity contribution in [3.05, 3.63) is 34.9 Å². The minimum absolute atomic E-state index is 0.0507. The molecule has 2 N–H and O–H groups in total. The highest BCUT2D eigenvalue weighted by molar-refractivity contribution is 7.84. The van der Waals surface area contributed by atoms with Gasteiger partial charge in [-0.05, 0) is 37.1 Å². The van der Waals surface area contributed by atoms with Crippen LogP contribution < -0.4 is 5.32 Å². The summed E-state index contributed by atoms with van der Waals surface area (Å²) >= 11 is 0.